The minimum atomic E-state index is -0.312. The van der Waals surface area contributed by atoms with E-state index in [0.29, 0.717) is 11.6 Å². The van der Waals surface area contributed by atoms with Crippen LogP contribution in [0.1, 0.15) is 55.3 Å². The summed E-state index contributed by atoms with van der Waals surface area (Å²) in [5, 5.41) is 8.61. The smallest absolute Gasteiger partial charge is 0.318 e. The van der Waals surface area contributed by atoms with E-state index < -0.39 is 0 Å². The van der Waals surface area contributed by atoms with Crippen molar-refractivity contribution in [1.82, 2.24) is 10.6 Å². The van der Waals surface area contributed by atoms with E-state index in [1.54, 1.807) is 7.05 Å². The lowest BCUT2D eigenvalue weighted by atomic mass is 9.94. The van der Waals surface area contributed by atoms with Crippen molar-refractivity contribution < 1.29 is 9.59 Å². The molecule has 1 atom stereocenters. The van der Waals surface area contributed by atoms with Gasteiger partial charge in [0.05, 0.1) is 6.04 Å². The first-order valence-electron chi connectivity index (χ1n) is 9.47. The zero-order valence-electron chi connectivity index (χ0n) is 16.1. The molecular formula is C22H27N3O2. The fourth-order valence-electron chi connectivity index (χ4n) is 3.07. The highest BCUT2D eigenvalue weighted by atomic mass is 16.2. The predicted molar refractivity (Wildman–Crippen MR) is 108 cm³/mol. The summed E-state index contributed by atoms with van der Waals surface area (Å²) in [5.41, 5.74) is 3.81. The Labute approximate surface area is 160 Å². The molecule has 0 aromatic heterocycles. The lowest BCUT2D eigenvalue weighted by Gasteiger charge is -2.23. The van der Waals surface area contributed by atoms with Crippen LogP contribution in [-0.2, 0) is 4.79 Å². The van der Waals surface area contributed by atoms with Gasteiger partial charge in [0.25, 0.3) is 0 Å². The molecule has 1 fully saturated rings. The van der Waals surface area contributed by atoms with Crippen molar-refractivity contribution in [2.24, 2.45) is 5.92 Å². The van der Waals surface area contributed by atoms with Crippen LogP contribution < -0.4 is 16.0 Å². The van der Waals surface area contributed by atoms with Crippen LogP contribution in [0.15, 0.2) is 48.5 Å². The highest BCUT2D eigenvalue weighted by Gasteiger charge is 2.32. The molecule has 142 valence electrons. The number of nitrogens with one attached hydrogen (secondary N) is 3. The largest absolute Gasteiger partial charge is 0.345 e. The molecule has 5 heteroatoms. The molecule has 5 nitrogen and oxygen atoms in total. The Morgan fingerprint density at radius 2 is 1.59 bits per heavy atom. The second-order valence-corrected chi connectivity index (χ2v) is 7.33. The molecule has 3 rings (SSSR count). The van der Waals surface area contributed by atoms with Crippen molar-refractivity contribution >= 4 is 17.6 Å². The molecule has 3 N–H and O–H groups in total. The summed E-state index contributed by atoms with van der Waals surface area (Å²) in [4.78, 5) is 24.4. The summed E-state index contributed by atoms with van der Waals surface area (Å²) >= 11 is 0. The number of hydrogen-bond acceptors (Lipinski definition) is 2. The maximum absolute atomic E-state index is 12.5. The van der Waals surface area contributed by atoms with E-state index in [1.807, 2.05) is 24.3 Å². The molecule has 1 aliphatic carbocycles. The fourth-order valence-corrected chi connectivity index (χ4v) is 3.07. The monoisotopic (exact) mass is 365 g/mol. The quantitative estimate of drug-likeness (QED) is 0.719. The summed E-state index contributed by atoms with van der Waals surface area (Å²) < 4.78 is 0. The van der Waals surface area contributed by atoms with Gasteiger partial charge >= 0.3 is 6.03 Å². The molecule has 0 unspecified atom stereocenters. The molecule has 2 aromatic carbocycles. The number of urea groups is 1. The van der Waals surface area contributed by atoms with E-state index in [1.165, 1.54) is 5.56 Å². The predicted octanol–water partition coefficient (Wildman–Crippen LogP) is 4.18. The first-order valence-corrected chi connectivity index (χ1v) is 9.47. The van der Waals surface area contributed by atoms with Gasteiger partial charge in [0, 0.05) is 24.2 Å². The maximum atomic E-state index is 12.5. The first kappa shape index (κ1) is 19.0. The molecule has 27 heavy (non-hydrogen) atoms. The molecule has 0 aliphatic heterocycles. The molecule has 1 saturated carbocycles. The van der Waals surface area contributed by atoms with E-state index >= 15 is 0 Å². The fraction of sp³-hybridized carbons (Fsp3) is 0.364. The second kappa shape index (κ2) is 8.25. The van der Waals surface area contributed by atoms with Gasteiger partial charge in [0.1, 0.15) is 0 Å². The number of anilines is 1. The lowest BCUT2D eigenvalue weighted by molar-refractivity contribution is -0.122. The Kier molecular flexibility index (Phi) is 5.79. The molecule has 0 heterocycles. The van der Waals surface area contributed by atoms with E-state index in [0.717, 1.165) is 24.0 Å². The van der Waals surface area contributed by atoms with Gasteiger partial charge in [-0.05, 0) is 36.0 Å². The van der Waals surface area contributed by atoms with Crippen molar-refractivity contribution in [2.45, 2.75) is 38.6 Å². The summed E-state index contributed by atoms with van der Waals surface area (Å²) in [6.45, 7) is 4.31. The molecule has 2 aromatic rings. The van der Waals surface area contributed by atoms with Crippen LogP contribution in [-0.4, -0.2) is 19.0 Å². The molecule has 0 saturated heterocycles. The van der Waals surface area contributed by atoms with Gasteiger partial charge in [-0.25, -0.2) is 4.79 Å². The van der Waals surface area contributed by atoms with Gasteiger partial charge in [-0.2, -0.15) is 0 Å². The zero-order chi connectivity index (χ0) is 19.4. The minimum absolute atomic E-state index is 0.0719. The average Bonchev–Trinajstić information content (AvgIpc) is 3.52. The Morgan fingerprint density at radius 3 is 2.19 bits per heavy atom. The normalized spacial score (nSPS) is 14.5. The summed E-state index contributed by atoms with van der Waals surface area (Å²) in [6.07, 6.45) is 1.89. The van der Waals surface area contributed by atoms with Crippen molar-refractivity contribution in [3.05, 3.63) is 65.2 Å². The molecule has 0 bridgehead atoms. The van der Waals surface area contributed by atoms with Crippen LogP contribution in [0.5, 0.6) is 0 Å². The SMILES string of the molecule is CNC(=O)Nc1ccccc1[C@H](NC(=O)C1CC1)c1ccc(C(C)C)cc1. The van der Waals surface area contributed by atoms with Crippen molar-refractivity contribution in [3.8, 4) is 0 Å². The maximum Gasteiger partial charge on any atom is 0.318 e. The van der Waals surface area contributed by atoms with Gasteiger partial charge < -0.3 is 16.0 Å². The highest BCUT2D eigenvalue weighted by molar-refractivity contribution is 5.90. The number of benzene rings is 2. The number of para-hydroxylation sites is 1. The van der Waals surface area contributed by atoms with Crippen LogP contribution in [0, 0.1) is 5.92 Å². The third-order valence-corrected chi connectivity index (χ3v) is 4.92. The summed E-state index contributed by atoms with van der Waals surface area (Å²) in [6, 6.07) is 15.3. The average molecular weight is 365 g/mol. The third-order valence-electron chi connectivity index (χ3n) is 4.92. The Balaban J connectivity index is 1.97. The van der Waals surface area contributed by atoms with Crippen LogP contribution in [0.3, 0.4) is 0 Å². The number of amides is 3. The van der Waals surface area contributed by atoms with Crippen LogP contribution in [0.4, 0.5) is 10.5 Å². The van der Waals surface area contributed by atoms with Crippen LogP contribution in [0.2, 0.25) is 0 Å². The van der Waals surface area contributed by atoms with E-state index in [-0.39, 0.29) is 23.9 Å². The zero-order valence-corrected chi connectivity index (χ0v) is 16.1. The first-order chi connectivity index (χ1) is 13.0. The number of hydrogen-bond donors (Lipinski definition) is 3. The van der Waals surface area contributed by atoms with E-state index in [4.69, 9.17) is 0 Å². The third kappa shape index (κ3) is 4.67. The molecule has 1 aliphatic rings. The van der Waals surface area contributed by atoms with Crippen LogP contribution >= 0.6 is 0 Å². The van der Waals surface area contributed by atoms with E-state index in [9.17, 15) is 9.59 Å². The van der Waals surface area contributed by atoms with Gasteiger partial charge in [0.2, 0.25) is 5.91 Å². The number of rotatable bonds is 6. The standard InChI is InChI=1S/C22H27N3O2/c1-14(2)15-8-10-16(11-9-15)20(25-21(26)17-12-13-17)18-6-4-5-7-19(18)24-22(27)23-3/h4-11,14,17,20H,12-13H2,1-3H3,(H,25,26)(H2,23,24,27)/t20-/m1/s1. The van der Waals surface area contributed by atoms with Gasteiger partial charge in [-0.15, -0.1) is 0 Å². The van der Waals surface area contributed by atoms with Crippen molar-refractivity contribution in [3.63, 3.8) is 0 Å². The second-order valence-electron chi connectivity index (χ2n) is 7.33. The molecule has 3 amide bonds. The van der Waals surface area contributed by atoms with Crippen molar-refractivity contribution in [1.29, 1.82) is 0 Å². The molecular weight excluding hydrogens is 338 g/mol. The Bertz CT molecular complexity index is 811. The summed E-state index contributed by atoms with van der Waals surface area (Å²) in [7, 11) is 1.58. The molecule has 0 spiro atoms. The van der Waals surface area contributed by atoms with Gasteiger partial charge in [-0.1, -0.05) is 56.3 Å². The Hall–Kier alpha value is -2.82. The van der Waals surface area contributed by atoms with Crippen LogP contribution in [0.25, 0.3) is 0 Å². The number of carbonyl (C=O) groups is 2. The molecule has 0 radical (unpaired) electrons. The van der Waals surface area contributed by atoms with Gasteiger partial charge in [-0.3, -0.25) is 4.79 Å². The van der Waals surface area contributed by atoms with Crippen molar-refractivity contribution in [2.75, 3.05) is 12.4 Å². The van der Waals surface area contributed by atoms with E-state index in [2.05, 4.69) is 54.1 Å². The van der Waals surface area contributed by atoms with Gasteiger partial charge in [0.15, 0.2) is 0 Å². The number of carbonyl (C=O) groups excluding carboxylic acids is 2. The highest BCUT2D eigenvalue weighted by Crippen LogP contribution is 2.33. The lowest BCUT2D eigenvalue weighted by Crippen LogP contribution is -2.32. The summed E-state index contributed by atoms with van der Waals surface area (Å²) in [5.74, 6) is 0.630. The Morgan fingerprint density at radius 1 is 0.963 bits per heavy atom. The topological polar surface area (TPSA) is 70.2 Å². The minimum Gasteiger partial charge on any atom is -0.345 e.